The summed E-state index contributed by atoms with van der Waals surface area (Å²) in [6.45, 7) is 6.70. The molecule has 1 atom stereocenters. The molecule has 0 spiro atoms. The lowest BCUT2D eigenvalue weighted by molar-refractivity contribution is 0.143. The van der Waals surface area contributed by atoms with Gasteiger partial charge in [-0.2, -0.15) is 0 Å². The summed E-state index contributed by atoms with van der Waals surface area (Å²) in [7, 11) is 0. The second kappa shape index (κ2) is 9.93. The number of hydrogen-bond donors (Lipinski definition) is 0. The molecule has 2 saturated heterocycles. The summed E-state index contributed by atoms with van der Waals surface area (Å²) in [5.41, 5.74) is 3.00. The van der Waals surface area contributed by atoms with Crippen molar-refractivity contribution >= 4 is 5.82 Å². The largest absolute Gasteiger partial charge is 0.353 e. The van der Waals surface area contributed by atoms with Gasteiger partial charge in [0.15, 0.2) is 0 Å². The Morgan fingerprint density at radius 1 is 0.788 bits per heavy atom. The molecule has 3 heterocycles. The molecule has 0 N–H and O–H groups in total. The predicted octanol–water partition coefficient (Wildman–Crippen LogP) is 4.38. The van der Waals surface area contributed by atoms with Crippen molar-refractivity contribution in [1.29, 1.82) is 0 Å². The Kier molecular flexibility index (Phi) is 6.60. The predicted molar refractivity (Wildman–Crippen MR) is 126 cm³/mol. The van der Waals surface area contributed by atoms with Crippen molar-refractivity contribution in [1.82, 2.24) is 19.8 Å². The number of benzene rings is 2. The van der Waals surface area contributed by atoms with Crippen LogP contribution in [-0.2, 0) is 0 Å². The van der Waals surface area contributed by atoms with Crippen LogP contribution < -0.4 is 4.90 Å². The van der Waals surface area contributed by atoms with Crippen molar-refractivity contribution in [3.05, 3.63) is 78.3 Å². The topological polar surface area (TPSA) is 35.5 Å². The molecule has 3 aromatic rings. The molecule has 33 heavy (non-hydrogen) atoms. The van der Waals surface area contributed by atoms with E-state index in [0.717, 1.165) is 62.8 Å². The van der Waals surface area contributed by atoms with Crippen molar-refractivity contribution < 1.29 is 8.78 Å². The molecule has 2 aliphatic rings. The highest BCUT2D eigenvalue weighted by Crippen LogP contribution is 2.31. The number of hydrogen-bond acceptors (Lipinski definition) is 5. The minimum atomic E-state index is -0.254. The van der Waals surface area contributed by atoms with E-state index in [0.29, 0.717) is 0 Å². The third-order valence-electron chi connectivity index (χ3n) is 6.79. The summed E-state index contributed by atoms with van der Waals surface area (Å²) in [6, 6.07) is 13.7. The lowest BCUT2D eigenvalue weighted by Gasteiger charge is -2.41. The van der Waals surface area contributed by atoms with Gasteiger partial charge in [0.2, 0.25) is 0 Å². The number of likely N-dealkylation sites (tertiary alicyclic amines) is 1. The Labute approximate surface area is 193 Å². The summed E-state index contributed by atoms with van der Waals surface area (Å²) >= 11 is 0. The molecule has 2 aromatic carbocycles. The van der Waals surface area contributed by atoms with Crippen LogP contribution in [0.2, 0.25) is 0 Å². The summed E-state index contributed by atoms with van der Waals surface area (Å²) in [5, 5.41) is 0. The van der Waals surface area contributed by atoms with Crippen LogP contribution in [0.15, 0.2) is 61.1 Å². The Hall–Kier alpha value is -2.90. The molecular formula is C26H29F2N5. The molecule has 0 radical (unpaired) electrons. The molecule has 0 amide bonds. The Balaban J connectivity index is 1.33. The molecule has 2 aliphatic heterocycles. The van der Waals surface area contributed by atoms with Gasteiger partial charge in [-0.25, -0.2) is 18.7 Å². The first kappa shape index (κ1) is 21.9. The van der Waals surface area contributed by atoms with Gasteiger partial charge in [0.25, 0.3) is 0 Å². The van der Waals surface area contributed by atoms with Crippen LogP contribution in [0.1, 0.15) is 24.4 Å². The van der Waals surface area contributed by atoms with Crippen LogP contribution in [-0.4, -0.2) is 65.6 Å². The molecular weight excluding hydrogens is 420 g/mol. The van der Waals surface area contributed by atoms with Crippen LogP contribution in [0.4, 0.5) is 14.6 Å². The van der Waals surface area contributed by atoms with Crippen LogP contribution in [0.3, 0.4) is 0 Å². The quantitative estimate of drug-likeness (QED) is 0.558. The fourth-order valence-electron chi connectivity index (χ4n) is 4.98. The third kappa shape index (κ3) is 5.04. The van der Waals surface area contributed by atoms with E-state index in [9.17, 15) is 8.78 Å². The summed E-state index contributed by atoms with van der Waals surface area (Å²) in [5.74, 6) is 0.435. The highest BCUT2D eigenvalue weighted by Gasteiger charge is 2.29. The third-order valence-corrected chi connectivity index (χ3v) is 6.79. The van der Waals surface area contributed by atoms with E-state index in [1.807, 2.05) is 12.1 Å². The highest BCUT2D eigenvalue weighted by atomic mass is 19.1. The van der Waals surface area contributed by atoms with Gasteiger partial charge in [-0.15, -0.1) is 0 Å². The van der Waals surface area contributed by atoms with Crippen LogP contribution >= 0.6 is 0 Å². The zero-order valence-electron chi connectivity index (χ0n) is 18.7. The minimum Gasteiger partial charge on any atom is -0.353 e. The van der Waals surface area contributed by atoms with Gasteiger partial charge in [-0.3, -0.25) is 4.90 Å². The second-order valence-electron chi connectivity index (χ2n) is 8.86. The van der Waals surface area contributed by atoms with Crippen molar-refractivity contribution in [2.24, 2.45) is 0 Å². The molecule has 1 aromatic heterocycles. The zero-order chi connectivity index (χ0) is 22.6. The van der Waals surface area contributed by atoms with Gasteiger partial charge in [0.05, 0.1) is 0 Å². The van der Waals surface area contributed by atoms with Crippen molar-refractivity contribution in [2.45, 2.75) is 18.9 Å². The zero-order valence-corrected chi connectivity index (χ0v) is 18.7. The fraction of sp³-hybridized carbons (Fsp3) is 0.385. The van der Waals surface area contributed by atoms with E-state index in [4.69, 9.17) is 0 Å². The van der Waals surface area contributed by atoms with Crippen molar-refractivity contribution in [3.63, 3.8) is 0 Å². The first-order valence-corrected chi connectivity index (χ1v) is 11.7. The van der Waals surface area contributed by atoms with E-state index in [2.05, 4.69) is 24.7 Å². The Morgan fingerprint density at radius 2 is 1.42 bits per heavy atom. The van der Waals surface area contributed by atoms with E-state index in [1.54, 1.807) is 36.8 Å². The SMILES string of the molecule is Fc1ccc(-c2cncnc2N2CCN([C@@H](CN3CCCC3)c3ccc(F)cc3)CC2)cc1. The van der Waals surface area contributed by atoms with Gasteiger partial charge in [-0.05, 0) is 61.3 Å². The first-order chi connectivity index (χ1) is 16.2. The summed E-state index contributed by atoms with van der Waals surface area (Å²) in [6.07, 6.45) is 5.88. The fourth-order valence-corrected chi connectivity index (χ4v) is 4.98. The summed E-state index contributed by atoms with van der Waals surface area (Å²) < 4.78 is 27.0. The monoisotopic (exact) mass is 449 g/mol. The number of rotatable bonds is 6. The maximum atomic E-state index is 13.6. The Bertz CT molecular complexity index is 1040. The lowest BCUT2D eigenvalue weighted by atomic mass is 10.0. The number of piperazine rings is 1. The molecule has 0 aliphatic carbocycles. The number of aromatic nitrogens is 2. The van der Waals surface area contributed by atoms with E-state index in [-0.39, 0.29) is 17.7 Å². The average Bonchev–Trinajstić information content (AvgIpc) is 3.37. The van der Waals surface area contributed by atoms with Gasteiger partial charge in [0.1, 0.15) is 23.8 Å². The molecule has 172 valence electrons. The minimum absolute atomic E-state index is 0.194. The smallest absolute Gasteiger partial charge is 0.139 e. The van der Waals surface area contributed by atoms with Gasteiger partial charge in [0, 0.05) is 50.5 Å². The normalized spacial score (nSPS) is 18.5. The molecule has 5 nitrogen and oxygen atoms in total. The van der Waals surface area contributed by atoms with Gasteiger partial charge >= 0.3 is 0 Å². The lowest BCUT2D eigenvalue weighted by Crippen LogP contribution is -2.50. The second-order valence-corrected chi connectivity index (χ2v) is 8.86. The number of halogens is 2. The molecule has 7 heteroatoms. The number of anilines is 1. The Morgan fingerprint density at radius 3 is 2.09 bits per heavy atom. The molecule has 2 fully saturated rings. The van der Waals surface area contributed by atoms with E-state index >= 15 is 0 Å². The van der Waals surface area contributed by atoms with Gasteiger partial charge < -0.3 is 9.80 Å². The number of nitrogens with zero attached hydrogens (tertiary/aromatic N) is 5. The van der Waals surface area contributed by atoms with Crippen LogP contribution in [0, 0.1) is 11.6 Å². The molecule has 0 saturated carbocycles. The maximum absolute atomic E-state index is 13.6. The standard InChI is InChI=1S/C26H29F2N5/c27-22-7-3-20(4-8-22)24-17-29-19-30-26(24)33-15-13-32(14-16-33)25(18-31-11-1-2-12-31)21-5-9-23(28)10-6-21/h3-10,17,19,25H,1-2,11-16,18H2/t25-/m0/s1. The van der Waals surface area contributed by atoms with Crippen LogP contribution in [0.5, 0.6) is 0 Å². The molecule has 0 unspecified atom stereocenters. The molecule has 5 rings (SSSR count). The van der Waals surface area contributed by atoms with E-state index in [1.165, 1.54) is 30.5 Å². The van der Waals surface area contributed by atoms with Crippen LogP contribution in [0.25, 0.3) is 11.1 Å². The van der Waals surface area contributed by atoms with Gasteiger partial charge in [-0.1, -0.05) is 24.3 Å². The first-order valence-electron chi connectivity index (χ1n) is 11.7. The molecule has 0 bridgehead atoms. The average molecular weight is 450 g/mol. The van der Waals surface area contributed by atoms with E-state index < -0.39 is 0 Å². The van der Waals surface area contributed by atoms with Crippen molar-refractivity contribution in [2.75, 3.05) is 50.7 Å². The summed E-state index contributed by atoms with van der Waals surface area (Å²) in [4.78, 5) is 16.1. The van der Waals surface area contributed by atoms with Crippen molar-refractivity contribution in [3.8, 4) is 11.1 Å². The highest BCUT2D eigenvalue weighted by molar-refractivity contribution is 5.75. The maximum Gasteiger partial charge on any atom is 0.139 e.